The van der Waals surface area contributed by atoms with Gasteiger partial charge in [0.25, 0.3) is 0 Å². The molecule has 4 aromatic rings. The van der Waals surface area contributed by atoms with Gasteiger partial charge >= 0.3 is 0 Å². The van der Waals surface area contributed by atoms with E-state index in [-0.39, 0.29) is 0 Å². The highest BCUT2D eigenvalue weighted by Crippen LogP contribution is 2.40. The van der Waals surface area contributed by atoms with Gasteiger partial charge in [-0.25, -0.2) is 0 Å². The van der Waals surface area contributed by atoms with Gasteiger partial charge in [0.1, 0.15) is 0 Å². The summed E-state index contributed by atoms with van der Waals surface area (Å²) in [4.78, 5) is 5.39. The van der Waals surface area contributed by atoms with Crippen LogP contribution in [-0.4, -0.2) is 12.3 Å². The molecule has 30 heavy (non-hydrogen) atoms. The highest BCUT2D eigenvalue weighted by Gasteiger charge is 2.09. The van der Waals surface area contributed by atoms with Crippen molar-refractivity contribution in [2.24, 2.45) is 0 Å². The summed E-state index contributed by atoms with van der Waals surface area (Å²) < 4.78 is 0. The second kappa shape index (κ2) is 10.8. The molecule has 2 aromatic heterocycles. The van der Waals surface area contributed by atoms with Crippen LogP contribution in [0.3, 0.4) is 0 Å². The molecule has 4 heteroatoms. The van der Waals surface area contributed by atoms with Crippen molar-refractivity contribution in [1.29, 1.82) is 0 Å². The van der Waals surface area contributed by atoms with Gasteiger partial charge in [0.05, 0.1) is 0 Å². The summed E-state index contributed by atoms with van der Waals surface area (Å²) >= 11 is 3.78. The Balaban J connectivity index is 1.47. The molecule has 0 saturated carbocycles. The first-order chi connectivity index (χ1) is 14.8. The number of aryl methyl sites for hydroxylation is 2. The lowest BCUT2D eigenvalue weighted by molar-refractivity contribution is 0.934. The van der Waals surface area contributed by atoms with Crippen LogP contribution in [0.2, 0.25) is 0 Å². The summed E-state index contributed by atoms with van der Waals surface area (Å²) in [6.45, 7) is 0. The first-order valence-corrected chi connectivity index (χ1v) is 13.8. The maximum absolute atomic E-state index is 2.81. The zero-order valence-electron chi connectivity index (χ0n) is 17.1. The normalized spacial score (nSPS) is 11.1. The number of rotatable bonds is 9. The van der Waals surface area contributed by atoms with E-state index in [1.165, 1.54) is 66.9 Å². The van der Waals surface area contributed by atoms with Crippen LogP contribution in [0.1, 0.15) is 24.0 Å². The summed E-state index contributed by atoms with van der Waals surface area (Å²) in [6, 6.07) is 27.3. The maximum Gasteiger partial charge on any atom is 0.0449 e. The van der Waals surface area contributed by atoms with E-state index in [2.05, 4.69) is 91.3 Å². The molecule has 0 bridgehead atoms. The van der Waals surface area contributed by atoms with Crippen molar-refractivity contribution in [2.75, 3.05) is 12.3 Å². The molecule has 0 aliphatic heterocycles. The van der Waals surface area contributed by atoms with Crippen molar-refractivity contribution in [3.05, 3.63) is 83.9 Å². The SMILES string of the molecule is PCCCc1ccc(-c2ccc(-c3ccc(-c4ccc(CCCP)cc4)s3)s2)cc1. The zero-order chi connectivity index (χ0) is 20.8. The molecule has 0 amide bonds. The number of benzene rings is 2. The van der Waals surface area contributed by atoms with E-state index in [0.29, 0.717) is 0 Å². The molecule has 2 atom stereocenters. The molecule has 0 aliphatic rings. The molecular weight excluding hydrogens is 438 g/mol. The van der Waals surface area contributed by atoms with Gasteiger partial charge in [0, 0.05) is 19.5 Å². The second-order valence-electron chi connectivity index (χ2n) is 7.51. The van der Waals surface area contributed by atoms with E-state index in [4.69, 9.17) is 0 Å². The van der Waals surface area contributed by atoms with Crippen molar-refractivity contribution in [3.63, 3.8) is 0 Å². The van der Waals surface area contributed by atoms with Gasteiger partial charge in [-0.05, 0) is 84.5 Å². The summed E-state index contributed by atoms with van der Waals surface area (Å²) in [7, 11) is 5.62. The fourth-order valence-electron chi connectivity index (χ4n) is 3.53. The number of thiophene rings is 2. The standard InChI is InChI=1S/C26H28P2S2/c27-17-1-3-19-5-9-21(10-6-19)23-13-15-25(29-23)26-16-14-24(30-26)22-11-7-20(8-12-22)4-2-18-28/h5-16H,1-4,17-18,27-28H2. The average molecular weight is 467 g/mol. The van der Waals surface area contributed by atoms with Gasteiger partial charge in [-0.3, -0.25) is 0 Å². The topological polar surface area (TPSA) is 0 Å². The summed E-state index contributed by atoms with van der Waals surface area (Å²) in [5.41, 5.74) is 5.50. The Labute approximate surface area is 193 Å². The van der Waals surface area contributed by atoms with Gasteiger partial charge in [0.15, 0.2) is 0 Å². The van der Waals surface area contributed by atoms with E-state index in [9.17, 15) is 0 Å². The van der Waals surface area contributed by atoms with Crippen molar-refractivity contribution >= 4 is 41.2 Å². The second-order valence-corrected chi connectivity index (χ2v) is 10.8. The number of hydrogen-bond donors (Lipinski definition) is 0. The van der Waals surface area contributed by atoms with E-state index < -0.39 is 0 Å². The van der Waals surface area contributed by atoms with Crippen LogP contribution in [0.5, 0.6) is 0 Å². The molecular formula is C26H28P2S2. The van der Waals surface area contributed by atoms with Crippen LogP contribution >= 0.6 is 41.2 Å². The molecule has 0 saturated heterocycles. The van der Waals surface area contributed by atoms with Gasteiger partial charge in [0.2, 0.25) is 0 Å². The molecule has 0 fully saturated rings. The quantitative estimate of drug-likeness (QED) is 0.217. The van der Waals surface area contributed by atoms with Gasteiger partial charge < -0.3 is 0 Å². The highest BCUT2D eigenvalue weighted by molar-refractivity contribution is 7.25. The molecule has 0 N–H and O–H groups in total. The Morgan fingerprint density at radius 3 is 1.20 bits per heavy atom. The monoisotopic (exact) mass is 466 g/mol. The number of hydrogen-bond acceptors (Lipinski definition) is 2. The zero-order valence-corrected chi connectivity index (χ0v) is 21.1. The molecule has 2 unspecified atom stereocenters. The van der Waals surface area contributed by atoms with Crippen LogP contribution in [0.4, 0.5) is 0 Å². The van der Waals surface area contributed by atoms with E-state index in [1.807, 2.05) is 22.7 Å². The molecule has 0 aliphatic carbocycles. The van der Waals surface area contributed by atoms with E-state index >= 15 is 0 Å². The van der Waals surface area contributed by atoms with Gasteiger partial charge in [-0.2, -0.15) is 0 Å². The largest absolute Gasteiger partial charge is 0.138 e. The average Bonchev–Trinajstić information content (AvgIpc) is 3.47. The van der Waals surface area contributed by atoms with Crippen molar-refractivity contribution in [1.82, 2.24) is 0 Å². The Hall–Kier alpha value is -1.30. The molecule has 0 radical (unpaired) electrons. The molecule has 154 valence electrons. The Morgan fingerprint density at radius 2 is 0.833 bits per heavy atom. The summed E-state index contributed by atoms with van der Waals surface area (Å²) in [6.07, 6.45) is 7.12. The predicted molar refractivity (Wildman–Crippen MR) is 144 cm³/mol. The van der Waals surface area contributed by atoms with Crippen molar-refractivity contribution in [2.45, 2.75) is 25.7 Å². The fourth-order valence-corrected chi connectivity index (χ4v) is 6.06. The molecule has 2 aromatic carbocycles. The predicted octanol–water partition coefficient (Wildman–Crippen LogP) is 8.43. The minimum absolute atomic E-state index is 1.16. The highest BCUT2D eigenvalue weighted by atomic mass is 32.1. The van der Waals surface area contributed by atoms with Crippen LogP contribution in [-0.2, 0) is 12.8 Å². The molecule has 0 nitrogen and oxygen atoms in total. The van der Waals surface area contributed by atoms with Crippen LogP contribution in [0.25, 0.3) is 30.6 Å². The summed E-state index contributed by atoms with van der Waals surface area (Å²) in [5, 5.41) is 0. The van der Waals surface area contributed by atoms with E-state index in [0.717, 1.165) is 12.8 Å². The lowest BCUT2D eigenvalue weighted by Gasteiger charge is -2.02. The van der Waals surface area contributed by atoms with Gasteiger partial charge in [-0.15, -0.1) is 41.2 Å². The molecule has 0 spiro atoms. The smallest absolute Gasteiger partial charge is 0.0449 e. The van der Waals surface area contributed by atoms with Crippen molar-refractivity contribution < 1.29 is 0 Å². The maximum atomic E-state index is 2.81. The minimum Gasteiger partial charge on any atom is -0.138 e. The third-order valence-corrected chi connectivity index (χ3v) is 8.55. The first kappa shape index (κ1) is 21.9. The third-order valence-electron chi connectivity index (χ3n) is 5.27. The minimum atomic E-state index is 1.16. The van der Waals surface area contributed by atoms with Crippen molar-refractivity contribution in [3.8, 4) is 30.6 Å². The van der Waals surface area contributed by atoms with Gasteiger partial charge in [-0.1, -0.05) is 48.5 Å². The van der Waals surface area contributed by atoms with Crippen LogP contribution in [0, 0.1) is 0 Å². The van der Waals surface area contributed by atoms with E-state index in [1.54, 1.807) is 0 Å². The Kier molecular flexibility index (Phi) is 7.91. The molecule has 2 heterocycles. The fraction of sp³-hybridized carbons (Fsp3) is 0.231. The Bertz CT molecular complexity index is 971. The van der Waals surface area contributed by atoms with Crippen LogP contribution in [0.15, 0.2) is 72.8 Å². The third kappa shape index (κ3) is 5.49. The lowest BCUT2D eigenvalue weighted by atomic mass is 10.1. The lowest BCUT2D eigenvalue weighted by Crippen LogP contribution is -1.85. The Morgan fingerprint density at radius 1 is 0.467 bits per heavy atom. The summed E-state index contributed by atoms with van der Waals surface area (Å²) in [5.74, 6) is 0. The first-order valence-electron chi connectivity index (χ1n) is 10.6. The van der Waals surface area contributed by atoms with Crippen LogP contribution < -0.4 is 0 Å². The molecule has 4 rings (SSSR count).